The second kappa shape index (κ2) is 4.99. The van der Waals surface area contributed by atoms with Gasteiger partial charge in [0.1, 0.15) is 6.61 Å². The SMILES string of the molecule is CC(C#N)CCOCC(F)(F)F. The number of rotatable bonds is 4. The van der Waals surface area contributed by atoms with Gasteiger partial charge in [0.2, 0.25) is 0 Å². The number of ether oxygens (including phenoxy) is 1. The number of hydrogen-bond acceptors (Lipinski definition) is 2. The summed E-state index contributed by atoms with van der Waals surface area (Å²) in [6, 6.07) is 1.90. The predicted molar refractivity (Wildman–Crippen MR) is 36.3 cm³/mol. The van der Waals surface area contributed by atoms with Gasteiger partial charge in [-0.2, -0.15) is 18.4 Å². The third kappa shape index (κ3) is 7.35. The van der Waals surface area contributed by atoms with Crippen LogP contribution in [0.15, 0.2) is 0 Å². The minimum absolute atomic E-state index is 0.0196. The van der Waals surface area contributed by atoms with Crippen molar-refractivity contribution in [2.24, 2.45) is 5.92 Å². The van der Waals surface area contributed by atoms with Gasteiger partial charge in [-0.25, -0.2) is 0 Å². The summed E-state index contributed by atoms with van der Waals surface area (Å²) in [6.45, 7) is 0.385. The van der Waals surface area contributed by atoms with Crippen LogP contribution in [0.2, 0.25) is 0 Å². The molecule has 0 saturated heterocycles. The molecule has 1 atom stereocenters. The number of alkyl halides is 3. The topological polar surface area (TPSA) is 33.0 Å². The predicted octanol–water partition coefficient (Wildman–Crippen LogP) is 2.12. The molecule has 0 saturated carbocycles. The van der Waals surface area contributed by atoms with Crippen molar-refractivity contribution in [2.75, 3.05) is 13.2 Å². The number of nitriles is 1. The molecule has 2 nitrogen and oxygen atoms in total. The molecule has 12 heavy (non-hydrogen) atoms. The van der Waals surface area contributed by atoms with E-state index in [9.17, 15) is 13.2 Å². The smallest absolute Gasteiger partial charge is 0.372 e. The average molecular weight is 181 g/mol. The first kappa shape index (κ1) is 11.2. The fourth-order valence-electron chi connectivity index (χ4n) is 0.513. The molecule has 0 aromatic carbocycles. The molecule has 0 radical (unpaired) electrons. The summed E-state index contributed by atoms with van der Waals surface area (Å²) in [5.74, 6) is -0.252. The third-order valence-corrected chi connectivity index (χ3v) is 1.18. The van der Waals surface area contributed by atoms with E-state index >= 15 is 0 Å². The van der Waals surface area contributed by atoms with Gasteiger partial charge >= 0.3 is 6.18 Å². The van der Waals surface area contributed by atoms with Crippen molar-refractivity contribution in [3.05, 3.63) is 0 Å². The molecule has 0 spiro atoms. The molecule has 0 N–H and O–H groups in total. The first-order chi connectivity index (χ1) is 5.45. The molecular formula is C7H10F3NO. The van der Waals surface area contributed by atoms with Gasteiger partial charge in [0.15, 0.2) is 0 Å². The maximum atomic E-state index is 11.5. The Labute approximate surface area is 68.9 Å². The summed E-state index contributed by atoms with van der Waals surface area (Å²) in [6.07, 6.45) is -3.93. The second-order valence-corrected chi connectivity index (χ2v) is 2.49. The van der Waals surface area contributed by atoms with E-state index in [2.05, 4.69) is 4.74 Å². The van der Waals surface area contributed by atoms with E-state index in [1.807, 2.05) is 6.07 Å². The van der Waals surface area contributed by atoms with E-state index in [1.54, 1.807) is 6.92 Å². The Morgan fingerprint density at radius 1 is 1.50 bits per heavy atom. The molecule has 0 amide bonds. The maximum Gasteiger partial charge on any atom is 0.411 e. The molecule has 0 fully saturated rings. The molecule has 0 bridgehead atoms. The van der Waals surface area contributed by atoms with Gasteiger partial charge in [0, 0.05) is 12.5 Å². The Morgan fingerprint density at radius 3 is 2.50 bits per heavy atom. The first-order valence-electron chi connectivity index (χ1n) is 3.50. The molecule has 0 aromatic rings. The van der Waals surface area contributed by atoms with Gasteiger partial charge in [0.05, 0.1) is 6.07 Å². The lowest BCUT2D eigenvalue weighted by atomic mass is 10.1. The largest absolute Gasteiger partial charge is 0.411 e. The first-order valence-corrected chi connectivity index (χ1v) is 3.50. The van der Waals surface area contributed by atoms with Crippen LogP contribution in [0, 0.1) is 17.2 Å². The van der Waals surface area contributed by atoms with Gasteiger partial charge in [-0.05, 0) is 13.3 Å². The van der Waals surface area contributed by atoms with Crippen molar-refractivity contribution in [2.45, 2.75) is 19.5 Å². The van der Waals surface area contributed by atoms with E-state index in [0.717, 1.165) is 0 Å². The zero-order chi connectivity index (χ0) is 9.61. The van der Waals surface area contributed by atoms with E-state index in [-0.39, 0.29) is 12.5 Å². The monoisotopic (exact) mass is 181 g/mol. The van der Waals surface area contributed by atoms with E-state index < -0.39 is 12.8 Å². The quantitative estimate of drug-likeness (QED) is 0.622. The standard InChI is InChI=1S/C7H10F3NO/c1-6(4-11)2-3-12-5-7(8,9)10/h6H,2-3,5H2,1H3. The van der Waals surface area contributed by atoms with Gasteiger partial charge in [-0.15, -0.1) is 0 Å². The fourth-order valence-corrected chi connectivity index (χ4v) is 0.513. The summed E-state index contributed by atoms with van der Waals surface area (Å²) < 4.78 is 38.7. The van der Waals surface area contributed by atoms with Crippen molar-refractivity contribution < 1.29 is 17.9 Å². The van der Waals surface area contributed by atoms with Crippen molar-refractivity contribution in [1.29, 1.82) is 5.26 Å². The van der Waals surface area contributed by atoms with Gasteiger partial charge in [-0.1, -0.05) is 0 Å². The Hall–Kier alpha value is -0.760. The molecule has 70 valence electrons. The minimum atomic E-state index is -4.27. The van der Waals surface area contributed by atoms with Crippen molar-refractivity contribution in [1.82, 2.24) is 0 Å². The molecule has 0 aliphatic carbocycles. The van der Waals surface area contributed by atoms with Gasteiger partial charge in [0.25, 0.3) is 0 Å². The van der Waals surface area contributed by atoms with E-state index in [4.69, 9.17) is 5.26 Å². The highest BCUT2D eigenvalue weighted by Gasteiger charge is 2.27. The van der Waals surface area contributed by atoms with Crippen LogP contribution in [-0.4, -0.2) is 19.4 Å². The van der Waals surface area contributed by atoms with Crippen LogP contribution in [0.25, 0.3) is 0 Å². The zero-order valence-corrected chi connectivity index (χ0v) is 6.69. The van der Waals surface area contributed by atoms with Crippen LogP contribution in [0.3, 0.4) is 0 Å². The number of nitrogens with zero attached hydrogens (tertiary/aromatic N) is 1. The normalized spacial score (nSPS) is 13.9. The van der Waals surface area contributed by atoms with Gasteiger partial charge < -0.3 is 4.74 Å². The average Bonchev–Trinajstić information content (AvgIpc) is 1.96. The number of hydrogen-bond donors (Lipinski definition) is 0. The Balaban J connectivity index is 3.29. The Bertz CT molecular complexity index is 161. The second-order valence-electron chi connectivity index (χ2n) is 2.49. The van der Waals surface area contributed by atoms with Crippen LogP contribution in [0.4, 0.5) is 13.2 Å². The zero-order valence-electron chi connectivity index (χ0n) is 6.69. The van der Waals surface area contributed by atoms with E-state index in [0.29, 0.717) is 6.42 Å². The summed E-state index contributed by atoms with van der Waals surface area (Å²) in [4.78, 5) is 0. The fraction of sp³-hybridized carbons (Fsp3) is 0.857. The summed E-state index contributed by atoms with van der Waals surface area (Å²) >= 11 is 0. The molecule has 1 unspecified atom stereocenters. The minimum Gasteiger partial charge on any atom is -0.372 e. The van der Waals surface area contributed by atoms with Crippen LogP contribution in [-0.2, 0) is 4.74 Å². The highest BCUT2D eigenvalue weighted by atomic mass is 19.4. The van der Waals surface area contributed by atoms with Crippen molar-refractivity contribution in [3.8, 4) is 6.07 Å². The molecular weight excluding hydrogens is 171 g/mol. The lowest BCUT2D eigenvalue weighted by Gasteiger charge is -2.07. The molecule has 0 rings (SSSR count). The molecule has 0 aromatic heterocycles. The summed E-state index contributed by atoms with van der Waals surface area (Å²) in [7, 11) is 0. The summed E-state index contributed by atoms with van der Waals surface area (Å²) in [5, 5.41) is 8.27. The highest BCUT2D eigenvalue weighted by Crippen LogP contribution is 2.14. The van der Waals surface area contributed by atoms with Crippen molar-refractivity contribution >= 4 is 0 Å². The van der Waals surface area contributed by atoms with Crippen LogP contribution in [0.5, 0.6) is 0 Å². The lowest BCUT2D eigenvalue weighted by molar-refractivity contribution is -0.174. The van der Waals surface area contributed by atoms with Crippen LogP contribution in [0.1, 0.15) is 13.3 Å². The van der Waals surface area contributed by atoms with Crippen molar-refractivity contribution in [3.63, 3.8) is 0 Å². The lowest BCUT2D eigenvalue weighted by Crippen LogP contribution is -2.17. The molecule has 0 aliphatic heterocycles. The third-order valence-electron chi connectivity index (χ3n) is 1.18. The molecule has 0 aliphatic rings. The number of halogens is 3. The molecule has 5 heteroatoms. The highest BCUT2D eigenvalue weighted by molar-refractivity contribution is 4.77. The Morgan fingerprint density at radius 2 is 2.08 bits per heavy atom. The Kier molecular flexibility index (Phi) is 4.67. The van der Waals surface area contributed by atoms with Gasteiger partial charge in [-0.3, -0.25) is 0 Å². The molecule has 0 heterocycles. The maximum absolute atomic E-state index is 11.5. The summed E-state index contributed by atoms with van der Waals surface area (Å²) in [5.41, 5.74) is 0. The van der Waals surface area contributed by atoms with Crippen LogP contribution >= 0.6 is 0 Å². The van der Waals surface area contributed by atoms with E-state index in [1.165, 1.54) is 0 Å². The van der Waals surface area contributed by atoms with Crippen LogP contribution < -0.4 is 0 Å².